The highest BCUT2D eigenvalue weighted by molar-refractivity contribution is 5.81. The maximum Gasteiger partial charge on any atom is 0.326 e. The number of carbonyl (C=O) groups is 1. The molecule has 2 saturated carbocycles. The van der Waals surface area contributed by atoms with E-state index in [1.165, 1.54) is 39.5 Å². The average Bonchev–Trinajstić information content (AvgIpc) is 3.17. The Morgan fingerprint density at radius 3 is 2.70 bits per heavy atom. The minimum Gasteiger partial charge on any atom is -0.468 e. The molecule has 2 aliphatic rings. The van der Waals surface area contributed by atoms with Crippen LogP contribution in [0.1, 0.15) is 51.9 Å². The Balaban J connectivity index is 1.85. The summed E-state index contributed by atoms with van der Waals surface area (Å²) in [6.45, 7) is 5.71. The highest BCUT2D eigenvalue weighted by Crippen LogP contribution is 2.37. The number of esters is 1. The van der Waals surface area contributed by atoms with Gasteiger partial charge in [-0.1, -0.05) is 13.3 Å². The first kappa shape index (κ1) is 15.8. The fraction of sp³-hybridized carbons (Fsp3) is 0.938. The summed E-state index contributed by atoms with van der Waals surface area (Å²) in [5.74, 6) is 0.992. The van der Waals surface area contributed by atoms with E-state index in [1.807, 2.05) is 0 Å². The molecule has 0 aliphatic heterocycles. The van der Waals surface area contributed by atoms with Crippen molar-refractivity contribution in [1.29, 1.82) is 0 Å². The number of hydrogen-bond donors (Lipinski definition) is 1. The van der Waals surface area contributed by atoms with Crippen LogP contribution in [0, 0.1) is 11.8 Å². The van der Waals surface area contributed by atoms with Gasteiger partial charge in [0.2, 0.25) is 0 Å². The van der Waals surface area contributed by atoms with Crippen molar-refractivity contribution < 1.29 is 9.53 Å². The second kappa shape index (κ2) is 6.90. The Bertz CT molecular complexity index is 330. The number of nitrogens with two attached hydrogens (primary N) is 1. The zero-order valence-corrected chi connectivity index (χ0v) is 13.1. The van der Waals surface area contributed by atoms with Gasteiger partial charge in [-0.15, -0.1) is 0 Å². The zero-order chi connectivity index (χ0) is 14.6. The first-order chi connectivity index (χ1) is 9.60. The molecule has 4 nitrogen and oxygen atoms in total. The molecule has 2 atom stereocenters. The minimum absolute atomic E-state index is 0.218. The van der Waals surface area contributed by atoms with Crippen molar-refractivity contribution in [2.75, 3.05) is 26.7 Å². The second-order valence-electron chi connectivity index (χ2n) is 6.65. The van der Waals surface area contributed by atoms with Crippen molar-refractivity contribution >= 4 is 5.97 Å². The number of ether oxygens (including phenoxy) is 1. The van der Waals surface area contributed by atoms with E-state index in [2.05, 4.69) is 11.8 Å². The molecule has 0 bridgehead atoms. The largest absolute Gasteiger partial charge is 0.468 e. The first-order valence-electron chi connectivity index (χ1n) is 8.19. The van der Waals surface area contributed by atoms with Gasteiger partial charge in [-0.3, -0.25) is 4.79 Å². The third kappa shape index (κ3) is 3.73. The lowest BCUT2D eigenvalue weighted by Gasteiger charge is -2.30. The predicted molar refractivity (Wildman–Crippen MR) is 80.3 cm³/mol. The third-order valence-corrected chi connectivity index (χ3v) is 4.98. The predicted octanol–water partition coefficient (Wildman–Crippen LogP) is 2.17. The Kier molecular flexibility index (Phi) is 5.44. The third-order valence-electron chi connectivity index (χ3n) is 4.98. The van der Waals surface area contributed by atoms with Crippen LogP contribution in [-0.4, -0.2) is 43.2 Å². The minimum atomic E-state index is -0.730. The summed E-state index contributed by atoms with van der Waals surface area (Å²) >= 11 is 0. The van der Waals surface area contributed by atoms with Gasteiger partial charge in [0.1, 0.15) is 5.54 Å². The van der Waals surface area contributed by atoms with Crippen molar-refractivity contribution in [3.05, 3.63) is 0 Å². The summed E-state index contributed by atoms with van der Waals surface area (Å²) in [7, 11) is 1.45. The number of carbonyl (C=O) groups excluding carboxylic acids is 1. The summed E-state index contributed by atoms with van der Waals surface area (Å²) in [4.78, 5) is 14.5. The molecule has 2 unspecified atom stereocenters. The van der Waals surface area contributed by atoms with Crippen LogP contribution < -0.4 is 5.73 Å². The maximum absolute atomic E-state index is 11.9. The Hall–Kier alpha value is -0.610. The molecule has 20 heavy (non-hydrogen) atoms. The van der Waals surface area contributed by atoms with Crippen LogP contribution in [0.5, 0.6) is 0 Å². The topological polar surface area (TPSA) is 55.6 Å². The van der Waals surface area contributed by atoms with E-state index in [-0.39, 0.29) is 11.9 Å². The molecule has 0 aromatic heterocycles. The molecule has 2 aliphatic carbocycles. The second-order valence-corrected chi connectivity index (χ2v) is 6.65. The van der Waals surface area contributed by atoms with E-state index in [0.29, 0.717) is 0 Å². The highest BCUT2D eigenvalue weighted by Gasteiger charge is 2.46. The lowest BCUT2D eigenvalue weighted by atomic mass is 9.85. The van der Waals surface area contributed by atoms with Crippen molar-refractivity contribution in [1.82, 2.24) is 4.90 Å². The monoisotopic (exact) mass is 282 g/mol. The fourth-order valence-electron chi connectivity index (χ4n) is 3.58. The molecular weight excluding hydrogens is 252 g/mol. The lowest BCUT2D eigenvalue weighted by molar-refractivity contribution is -0.148. The fourth-order valence-corrected chi connectivity index (χ4v) is 3.58. The van der Waals surface area contributed by atoms with Crippen LogP contribution in [-0.2, 0) is 9.53 Å². The number of methoxy groups -OCH3 is 1. The Morgan fingerprint density at radius 1 is 1.35 bits per heavy atom. The number of hydrogen-bond acceptors (Lipinski definition) is 4. The molecule has 0 aromatic carbocycles. The van der Waals surface area contributed by atoms with Gasteiger partial charge >= 0.3 is 5.97 Å². The van der Waals surface area contributed by atoms with Crippen LogP contribution in [0.3, 0.4) is 0 Å². The van der Waals surface area contributed by atoms with Gasteiger partial charge in [0, 0.05) is 6.54 Å². The van der Waals surface area contributed by atoms with Crippen LogP contribution in [0.25, 0.3) is 0 Å². The van der Waals surface area contributed by atoms with Crippen LogP contribution >= 0.6 is 0 Å². The lowest BCUT2D eigenvalue weighted by Crippen LogP contribution is -2.52. The normalized spacial score (nSPS) is 29.9. The summed E-state index contributed by atoms with van der Waals surface area (Å²) in [5.41, 5.74) is 5.61. The van der Waals surface area contributed by atoms with E-state index < -0.39 is 5.54 Å². The average molecular weight is 282 g/mol. The molecule has 2 fully saturated rings. The molecule has 0 aromatic rings. The van der Waals surface area contributed by atoms with Gasteiger partial charge in [-0.05, 0) is 63.5 Å². The van der Waals surface area contributed by atoms with E-state index in [1.54, 1.807) is 0 Å². The van der Waals surface area contributed by atoms with E-state index in [0.717, 1.165) is 38.1 Å². The standard InChI is InChI=1S/C16H30N2O2/c1-3-10-18(12-13-6-7-13)11-8-14-5-4-9-16(14,17)15(19)20-2/h13-14H,3-12,17H2,1-2H3. The van der Waals surface area contributed by atoms with Crippen molar-refractivity contribution in [2.24, 2.45) is 17.6 Å². The number of nitrogens with zero attached hydrogens (tertiary/aromatic N) is 1. The molecule has 0 heterocycles. The van der Waals surface area contributed by atoms with E-state index in [9.17, 15) is 4.79 Å². The molecular formula is C16H30N2O2. The van der Waals surface area contributed by atoms with Gasteiger partial charge in [0.25, 0.3) is 0 Å². The number of rotatable bonds is 8. The molecule has 0 spiro atoms. The van der Waals surface area contributed by atoms with Crippen LogP contribution in [0.2, 0.25) is 0 Å². The molecule has 2 rings (SSSR count). The Labute approximate surface area is 123 Å². The molecule has 4 heteroatoms. The summed E-state index contributed by atoms with van der Waals surface area (Å²) in [6.07, 6.45) is 7.90. The Morgan fingerprint density at radius 2 is 2.10 bits per heavy atom. The molecule has 0 saturated heterocycles. The van der Waals surface area contributed by atoms with Crippen molar-refractivity contribution in [2.45, 2.75) is 57.4 Å². The maximum atomic E-state index is 11.9. The summed E-state index contributed by atoms with van der Waals surface area (Å²) in [6, 6.07) is 0. The first-order valence-corrected chi connectivity index (χ1v) is 8.19. The SMILES string of the molecule is CCCN(CCC1CCCC1(N)C(=O)OC)CC1CC1. The van der Waals surface area contributed by atoms with Gasteiger partial charge in [0.15, 0.2) is 0 Å². The summed E-state index contributed by atoms with van der Waals surface area (Å²) < 4.78 is 4.92. The van der Waals surface area contributed by atoms with Gasteiger partial charge < -0.3 is 15.4 Å². The van der Waals surface area contributed by atoms with E-state index >= 15 is 0 Å². The molecule has 2 N–H and O–H groups in total. The quantitative estimate of drug-likeness (QED) is 0.693. The van der Waals surface area contributed by atoms with Crippen LogP contribution in [0.15, 0.2) is 0 Å². The van der Waals surface area contributed by atoms with Gasteiger partial charge in [-0.2, -0.15) is 0 Å². The van der Waals surface area contributed by atoms with E-state index in [4.69, 9.17) is 10.5 Å². The van der Waals surface area contributed by atoms with Crippen molar-refractivity contribution in [3.63, 3.8) is 0 Å². The molecule has 0 amide bonds. The highest BCUT2D eigenvalue weighted by atomic mass is 16.5. The smallest absolute Gasteiger partial charge is 0.326 e. The summed E-state index contributed by atoms with van der Waals surface area (Å²) in [5, 5.41) is 0. The van der Waals surface area contributed by atoms with Crippen molar-refractivity contribution in [3.8, 4) is 0 Å². The molecule has 116 valence electrons. The zero-order valence-electron chi connectivity index (χ0n) is 13.1. The van der Waals surface area contributed by atoms with Crippen LogP contribution in [0.4, 0.5) is 0 Å². The molecule has 0 radical (unpaired) electrons. The van der Waals surface area contributed by atoms with Gasteiger partial charge in [0.05, 0.1) is 7.11 Å². The van der Waals surface area contributed by atoms with Gasteiger partial charge in [-0.25, -0.2) is 0 Å².